The lowest BCUT2D eigenvalue weighted by Crippen LogP contribution is -2.26. The Morgan fingerprint density at radius 3 is 2.00 bits per heavy atom. The quantitative estimate of drug-likeness (QED) is 0.303. The molecule has 1 rings (SSSR count). The molecule has 1 fully saturated rings. The van der Waals surface area contributed by atoms with E-state index in [0.29, 0.717) is 12.8 Å². The third-order valence-corrected chi connectivity index (χ3v) is 1.00. The summed E-state index contributed by atoms with van der Waals surface area (Å²) in [5, 5.41) is 25.0. The lowest BCUT2D eigenvalue weighted by Gasteiger charge is -2.06. The maximum absolute atomic E-state index is 8.76. The van der Waals surface area contributed by atoms with Gasteiger partial charge >= 0.3 is 7.32 Å². The van der Waals surface area contributed by atoms with Gasteiger partial charge in [-0.05, 0) is 0 Å². The molecular weight excluding hydrogens is 111 g/mol. The topological polar surface area (TPSA) is 69.9 Å². The third kappa shape index (κ3) is 1.45. The summed E-state index contributed by atoms with van der Waals surface area (Å²) in [6.45, 7) is 0. The largest absolute Gasteiger partial charge is 0.636 e. The average molecular weight is 118 g/mol. The zero-order valence-corrected chi connectivity index (χ0v) is 4.24. The van der Waals surface area contributed by atoms with Crippen LogP contribution in [0.2, 0.25) is 0 Å². The molecule has 3 N–H and O–H groups in total. The van der Waals surface area contributed by atoms with E-state index >= 15 is 0 Å². The van der Waals surface area contributed by atoms with Gasteiger partial charge < -0.3 is 19.8 Å². The summed E-state index contributed by atoms with van der Waals surface area (Å²) in [6.07, 6.45) is 0.981. The van der Waals surface area contributed by atoms with E-state index in [-0.39, 0.29) is 0 Å². The third-order valence-electron chi connectivity index (χ3n) is 1.00. The Hall–Kier alpha value is -0.0951. The van der Waals surface area contributed by atoms with E-state index in [1.54, 1.807) is 0 Å². The number of hydrogen-bond acceptors (Lipinski definition) is 4. The van der Waals surface area contributed by atoms with Crippen molar-refractivity contribution in [1.29, 1.82) is 0 Å². The van der Waals surface area contributed by atoms with Crippen LogP contribution in [0.4, 0.5) is 0 Å². The molecule has 5 heteroatoms. The van der Waals surface area contributed by atoms with Crippen molar-refractivity contribution in [2.24, 2.45) is 0 Å². The molecule has 0 aromatic carbocycles. The Bertz CT molecular complexity index is 89.3. The van der Waals surface area contributed by atoms with E-state index in [9.17, 15) is 0 Å². The van der Waals surface area contributed by atoms with Crippen LogP contribution in [0.5, 0.6) is 0 Å². The molecule has 0 aromatic heterocycles. The van der Waals surface area contributed by atoms with Crippen LogP contribution in [0, 0.1) is 0 Å². The molecule has 46 valence electrons. The smallest absolute Gasteiger partial charge is 0.402 e. The highest BCUT2D eigenvalue weighted by Gasteiger charge is 2.44. The van der Waals surface area contributed by atoms with Crippen molar-refractivity contribution in [2.75, 3.05) is 0 Å². The molecule has 0 spiro atoms. The maximum Gasteiger partial charge on any atom is 0.636 e. The van der Waals surface area contributed by atoms with Crippen molar-refractivity contribution in [3.8, 4) is 0 Å². The van der Waals surface area contributed by atoms with Gasteiger partial charge in [-0.15, -0.1) is 0 Å². The minimum atomic E-state index is -1.84. The van der Waals surface area contributed by atoms with E-state index in [1.165, 1.54) is 0 Å². The molecule has 8 heavy (non-hydrogen) atoms. The molecule has 1 saturated carbocycles. The van der Waals surface area contributed by atoms with Gasteiger partial charge in [-0.3, -0.25) is 0 Å². The average Bonchev–Trinajstić information content (AvgIpc) is 2.17. The molecule has 1 aliphatic rings. The van der Waals surface area contributed by atoms with E-state index in [4.69, 9.17) is 15.2 Å². The lowest BCUT2D eigenvalue weighted by molar-refractivity contribution is -0.0728. The van der Waals surface area contributed by atoms with Crippen LogP contribution in [0.3, 0.4) is 0 Å². The van der Waals surface area contributed by atoms with Gasteiger partial charge in [0.15, 0.2) is 5.79 Å². The Morgan fingerprint density at radius 1 is 1.38 bits per heavy atom. The molecule has 0 saturated heterocycles. The van der Waals surface area contributed by atoms with Crippen molar-refractivity contribution < 1.29 is 19.8 Å². The van der Waals surface area contributed by atoms with Gasteiger partial charge in [0.1, 0.15) is 0 Å². The normalized spacial score (nSPS) is 22.9. The summed E-state index contributed by atoms with van der Waals surface area (Å²) in [5.41, 5.74) is 0. The molecular formula is C3H7BO4. The van der Waals surface area contributed by atoms with Gasteiger partial charge in [0, 0.05) is 12.8 Å². The van der Waals surface area contributed by atoms with Gasteiger partial charge in [0.2, 0.25) is 0 Å². The second-order valence-electron chi connectivity index (χ2n) is 1.89. The summed E-state index contributed by atoms with van der Waals surface area (Å²) < 4.78 is 4.22. The van der Waals surface area contributed by atoms with Crippen molar-refractivity contribution in [1.82, 2.24) is 0 Å². The fourth-order valence-corrected chi connectivity index (χ4v) is 0.421. The SMILES string of the molecule is OB(O)OC1(O)CC1. The van der Waals surface area contributed by atoms with E-state index in [2.05, 4.69) is 4.65 Å². The lowest BCUT2D eigenvalue weighted by atomic mass is 10.2. The van der Waals surface area contributed by atoms with E-state index in [0.717, 1.165) is 0 Å². The number of aliphatic hydroxyl groups is 1. The van der Waals surface area contributed by atoms with E-state index in [1.807, 2.05) is 0 Å². The predicted molar refractivity (Wildman–Crippen MR) is 25.5 cm³/mol. The van der Waals surface area contributed by atoms with Crippen molar-refractivity contribution in [3.05, 3.63) is 0 Å². The standard InChI is InChI=1S/C3H7BO4/c5-3(1-2-3)8-4(6)7/h5-7H,1-2H2. The Balaban J connectivity index is 2.19. The van der Waals surface area contributed by atoms with Crippen LogP contribution >= 0.6 is 0 Å². The van der Waals surface area contributed by atoms with Gasteiger partial charge in [0.05, 0.1) is 0 Å². The van der Waals surface area contributed by atoms with Crippen LogP contribution in [-0.2, 0) is 4.65 Å². The highest BCUT2D eigenvalue weighted by molar-refractivity contribution is 6.32. The number of rotatable bonds is 2. The second kappa shape index (κ2) is 1.70. The van der Waals surface area contributed by atoms with Gasteiger partial charge in [-0.2, -0.15) is 0 Å². The van der Waals surface area contributed by atoms with Gasteiger partial charge in [0.25, 0.3) is 0 Å². The predicted octanol–water partition coefficient (Wildman–Crippen LogP) is -1.55. The summed E-state index contributed by atoms with van der Waals surface area (Å²) in [6, 6.07) is 0. The van der Waals surface area contributed by atoms with E-state index < -0.39 is 13.1 Å². The maximum atomic E-state index is 8.76. The first kappa shape index (κ1) is 6.03. The second-order valence-corrected chi connectivity index (χ2v) is 1.89. The molecule has 0 atom stereocenters. The minimum Gasteiger partial charge on any atom is -0.402 e. The first-order chi connectivity index (χ1) is 3.62. The molecule has 0 bridgehead atoms. The summed E-state index contributed by atoms with van der Waals surface area (Å²) >= 11 is 0. The molecule has 0 aliphatic heterocycles. The molecule has 0 radical (unpaired) electrons. The van der Waals surface area contributed by atoms with Crippen LogP contribution in [-0.4, -0.2) is 28.3 Å². The van der Waals surface area contributed by atoms with Crippen molar-refractivity contribution in [2.45, 2.75) is 18.6 Å². The first-order valence-electron chi connectivity index (χ1n) is 2.39. The zero-order chi connectivity index (χ0) is 6.20. The van der Waals surface area contributed by atoms with Crippen molar-refractivity contribution in [3.63, 3.8) is 0 Å². The fourth-order valence-electron chi connectivity index (χ4n) is 0.421. The van der Waals surface area contributed by atoms with Crippen LogP contribution in [0.1, 0.15) is 12.8 Å². The van der Waals surface area contributed by atoms with Crippen LogP contribution in [0.25, 0.3) is 0 Å². The Morgan fingerprint density at radius 2 is 1.88 bits per heavy atom. The first-order valence-corrected chi connectivity index (χ1v) is 2.39. The molecule has 0 amide bonds. The van der Waals surface area contributed by atoms with Crippen molar-refractivity contribution >= 4 is 7.32 Å². The minimum absolute atomic E-state index is 0.491. The van der Waals surface area contributed by atoms with Gasteiger partial charge in [-0.25, -0.2) is 0 Å². The molecule has 0 unspecified atom stereocenters. The Kier molecular flexibility index (Phi) is 1.28. The van der Waals surface area contributed by atoms with Gasteiger partial charge in [-0.1, -0.05) is 0 Å². The zero-order valence-electron chi connectivity index (χ0n) is 4.24. The molecule has 1 aliphatic carbocycles. The molecule has 4 nitrogen and oxygen atoms in total. The molecule has 0 aromatic rings. The summed E-state index contributed by atoms with van der Waals surface area (Å²) in [4.78, 5) is 0. The fraction of sp³-hybridized carbons (Fsp3) is 1.00. The number of hydrogen-bond donors (Lipinski definition) is 3. The summed E-state index contributed by atoms with van der Waals surface area (Å²) in [7, 11) is -1.84. The highest BCUT2D eigenvalue weighted by Crippen LogP contribution is 2.35. The molecule has 0 heterocycles. The summed E-state index contributed by atoms with van der Waals surface area (Å²) in [5.74, 6) is -1.23. The monoisotopic (exact) mass is 118 g/mol. The Labute approximate surface area is 46.9 Å². The van der Waals surface area contributed by atoms with Crippen LogP contribution in [0.15, 0.2) is 0 Å². The highest BCUT2D eigenvalue weighted by atomic mass is 16.7. The van der Waals surface area contributed by atoms with Crippen LogP contribution < -0.4 is 0 Å².